The van der Waals surface area contributed by atoms with E-state index in [2.05, 4.69) is 22.4 Å². The van der Waals surface area contributed by atoms with Crippen LogP contribution in [0.5, 0.6) is 0 Å². The summed E-state index contributed by atoms with van der Waals surface area (Å²) in [5.41, 5.74) is 3.42. The lowest BCUT2D eigenvalue weighted by Gasteiger charge is -2.26. The van der Waals surface area contributed by atoms with Gasteiger partial charge in [-0.05, 0) is 74.8 Å². The Bertz CT molecular complexity index is 1430. The molecule has 0 atom stereocenters. The van der Waals surface area contributed by atoms with Crippen LogP contribution in [0.1, 0.15) is 43.7 Å². The minimum atomic E-state index is -0.134. The highest BCUT2D eigenvalue weighted by Crippen LogP contribution is 2.26. The van der Waals surface area contributed by atoms with Crippen molar-refractivity contribution in [2.45, 2.75) is 57.7 Å². The van der Waals surface area contributed by atoms with Crippen molar-refractivity contribution >= 4 is 34.3 Å². The topological polar surface area (TPSA) is 81.3 Å². The number of aromatic nitrogens is 4. The molecule has 1 N–H and O–H groups in total. The Hall–Kier alpha value is -3.13. The molecule has 1 aliphatic rings. The first kappa shape index (κ1) is 22.7. The average molecular weight is 476 g/mol. The Morgan fingerprint density at radius 1 is 1.09 bits per heavy atom. The molecule has 5 rings (SSSR count). The summed E-state index contributed by atoms with van der Waals surface area (Å²) in [6.45, 7) is 6.25. The van der Waals surface area contributed by atoms with Crippen LogP contribution in [-0.2, 0) is 4.79 Å². The van der Waals surface area contributed by atoms with Crippen molar-refractivity contribution in [1.29, 1.82) is 0 Å². The second kappa shape index (κ2) is 9.25. The minimum absolute atomic E-state index is 0.00783. The van der Waals surface area contributed by atoms with Gasteiger partial charge in [0.25, 0.3) is 5.56 Å². The van der Waals surface area contributed by atoms with E-state index in [-0.39, 0.29) is 23.3 Å². The largest absolute Gasteiger partial charge is 0.353 e. The number of hydrogen-bond acceptors (Lipinski definition) is 5. The minimum Gasteiger partial charge on any atom is -0.353 e. The number of amides is 1. The van der Waals surface area contributed by atoms with Crippen molar-refractivity contribution < 1.29 is 4.79 Å². The summed E-state index contributed by atoms with van der Waals surface area (Å²) in [6.07, 6.45) is 4.40. The van der Waals surface area contributed by atoms with Gasteiger partial charge < -0.3 is 5.32 Å². The van der Waals surface area contributed by atoms with E-state index in [4.69, 9.17) is 0 Å². The first-order valence-corrected chi connectivity index (χ1v) is 12.8. The fourth-order valence-electron chi connectivity index (χ4n) is 4.75. The van der Waals surface area contributed by atoms with Gasteiger partial charge in [0, 0.05) is 6.04 Å². The molecule has 7 nitrogen and oxygen atoms in total. The van der Waals surface area contributed by atoms with E-state index in [0.717, 1.165) is 53.9 Å². The summed E-state index contributed by atoms with van der Waals surface area (Å²) in [7, 11) is 0. The van der Waals surface area contributed by atoms with Gasteiger partial charge in [0.15, 0.2) is 5.16 Å². The fourth-order valence-corrected chi connectivity index (χ4v) is 5.50. The molecule has 0 spiro atoms. The highest BCUT2D eigenvalue weighted by Gasteiger charge is 2.22. The monoisotopic (exact) mass is 475 g/mol. The maximum atomic E-state index is 13.5. The fraction of sp³-hybridized carbons (Fsp3) is 0.385. The molecule has 0 saturated heterocycles. The van der Waals surface area contributed by atoms with Gasteiger partial charge in [-0.25, -0.2) is 4.57 Å². The lowest BCUT2D eigenvalue weighted by atomic mass is 9.87. The van der Waals surface area contributed by atoms with Crippen LogP contribution in [-0.4, -0.2) is 36.9 Å². The Balaban J connectivity index is 1.52. The molecule has 0 bridgehead atoms. The van der Waals surface area contributed by atoms with Crippen molar-refractivity contribution in [3.05, 3.63) is 63.9 Å². The SMILES string of the molecule is Cc1ccc(C)c(-n2c(=O)c3ccccc3n3c(SCC(=O)NC4CCC(C)CC4)nnc23)c1. The van der Waals surface area contributed by atoms with Gasteiger partial charge in [-0.15, -0.1) is 10.2 Å². The zero-order valence-electron chi connectivity index (χ0n) is 19.7. The van der Waals surface area contributed by atoms with Crippen LogP contribution in [0.2, 0.25) is 0 Å². The smallest absolute Gasteiger partial charge is 0.267 e. The molecule has 2 heterocycles. The number of aryl methyl sites for hydroxylation is 2. The number of carbonyl (C=O) groups is 1. The second-order valence-electron chi connectivity index (χ2n) is 9.38. The molecule has 0 aliphatic heterocycles. The number of hydrogen-bond donors (Lipinski definition) is 1. The number of nitrogens with one attached hydrogen (secondary N) is 1. The number of rotatable bonds is 5. The highest BCUT2D eigenvalue weighted by molar-refractivity contribution is 7.99. The molecule has 0 radical (unpaired) electrons. The third-order valence-electron chi connectivity index (χ3n) is 6.71. The first-order chi connectivity index (χ1) is 16.4. The standard InChI is InChI=1S/C26H29N5O2S/c1-16-9-12-19(13-10-16)27-23(32)15-34-26-29-28-25-30(22-14-17(2)8-11-18(22)3)24(33)20-6-4-5-7-21(20)31(25)26/h4-8,11,14,16,19H,9-10,12-13,15H2,1-3H3,(H,27,32). The number of para-hydroxylation sites is 1. The molecule has 1 amide bonds. The Labute approximate surface area is 202 Å². The Morgan fingerprint density at radius 2 is 1.85 bits per heavy atom. The van der Waals surface area contributed by atoms with Crippen molar-refractivity contribution in [3.63, 3.8) is 0 Å². The third-order valence-corrected chi connectivity index (χ3v) is 7.64. The maximum absolute atomic E-state index is 13.5. The first-order valence-electron chi connectivity index (χ1n) is 11.8. The molecule has 0 unspecified atom stereocenters. The van der Waals surface area contributed by atoms with Crippen LogP contribution in [0.15, 0.2) is 52.4 Å². The molecule has 34 heavy (non-hydrogen) atoms. The lowest BCUT2D eigenvalue weighted by molar-refractivity contribution is -0.119. The summed E-state index contributed by atoms with van der Waals surface area (Å²) in [5, 5.41) is 13.1. The van der Waals surface area contributed by atoms with Crippen molar-refractivity contribution in [2.75, 3.05) is 5.75 Å². The molecule has 2 aromatic heterocycles. The number of thioether (sulfide) groups is 1. The Morgan fingerprint density at radius 3 is 2.65 bits per heavy atom. The van der Waals surface area contributed by atoms with E-state index in [9.17, 15) is 9.59 Å². The molecule has 1 fully saturated rings. The molecule has 1 saturated carbocycles. The summed E-state index contributed by atoms with van der Waals surface area (Å²) >= 11 is 1.35. The van der Waals surface area contributed by atoms with Gasteiger partial charge in [-0.3, -0.25) is 14.0 Å². The molecular formula is C26H29N5O2S. The zero-order valence-corrected chi connectivity index (χ0v) is 20.6. The highest BCUT2D eigenvalue weighted by atomic mass is 32.2. The molecule has 1 aliphatic carbocycles. The summed E-state index contributed by atoms with van der Waals surface area (Å²) in [4.78, 5) is 26.2. The van der Waals surface area contributed by atoms with Gasteiger partial charge in [0.1, 0.15) is 0 Å². The molecule has 176 valence electrons. The van der Waals surface area contributed by atoms with Crippen molar-refractivity contribution in [3.8, 4) is 5.69 Å². The van der Waals surface area contributed by atoms with Gasteiger partial charge in [-0.1, -0.05) is 43.0 Å². The number of nitrogens with zero attached hydrogens (tertiary/aromatic N) is 4. The summed E-state index contributed by atoms with van der Waals surface area (Å²) in [5.74, 6) is 1.45. The van der Waals surface area contributed by atoms with Gasteiger partial charge in [-0.2, -0.15) is 0 Å². The molecule has 8 heteroatoms. The second-order valence-corrected chi connectivity index (χ2v) is 10.3. The maximum Gasteiger partial charge on any atom is 0.267 e. The van der Waals surface area contributed by atoms with Crippen LogP contribution in [0.3, 0.4) is 0 Å². The van der Waals surface area contributed by atoms with E-state index in [0.29, 0.717) is 16.3 Å². The van der Waals surface area contributed by atoms with Crippen LogP contribution < -0.4 is 10.9 Å². The van der Waals surface area contributed by atoms with Gasteiger partial charge in [0.2, 0.25) is 11.7 Å². The van der Waals surface area contributed by atoms with Crippen LogP contribution >= 0.6 is 11.8 Å². The van der Waals surface area contributed by atoms with Gasteiger partial charge in [0.05, 0.1) is 22.3 Å². The van der Waals surface area contributed by atoms with Gasteiger partial charge >= 0.3 is 0 Å². The van der Waals surface area contributed by atoms with Crippen LogP contribution in [0.25, 0.3) is 22.4 Å². The van der Waals surface area contributed by atoms with Crippen molar-refractivity contribution in [2.24, 2.45) is 5.92 Å². The normalized spacial score (nSPS) is 18.4. The summed E-state index contributed by atoms with van der Waals surface area (Å²) < 4.78 is 3.52. The predicted molar refractivity (Wildman–Crippen MR) is 136 cm³/mol. The summed E-state index contributed by atoms with van der Waals surface area (Å²) in [6, 6.07) is 13.8. The molecular weight excluding hydrogens is 446 g/mol. The van der Waals surface area contributed by atoms with E-state index in [1.54, 1.807) is 4.57 Å². The van der Waals surface area contributed by atoms with Crippen molar-refractivity contribution in [1.82, 2.24) is 24.5 Å². The molecule has 2 aromatic carbocycles. The van der Waals surface area contributed by atoms with Crippen LogP contribution in [0, 0.1) is 19.8 Å². The van der Waals surface area contributed by atoms with E-state index < -0.39 is 0 Å². The Kier molecular flexibility index (Phi) is 6.16. The van der Waals surface area contributed by atoms with E-state index in [1.807, 2.05) is 60.7 Å². The third kappa shape index (κ3) is 4.22. The molecule has 4 aromatic rings. The number of carbonyl (C=O) groups excluding carboxylic acids is 1. The number of benzene rings is 2. The lowest BCUT2D eigenvalue weighted by Crippen LogP contribution is -2.38. The van der Waals surface area contributed by atoms with Crippen LogP contribution in [0.4, 0.5) is 0 Å². The zero-order chi connectivity index (χ0) is 23.8. The van der Waals surface area contributed by atoms with E-state index in [1.165, 1.54) is 11.8 Å². The number of fused-ring (bicyclic) bond motifs is 3. The van der Waals surface area contributed by atoms with E-state index >= 15 is 0 Å². The predicted octanol–water partition coefficient (Wildman–Crippen LogP) is 4.44. The average Bonchev–Trinajstić information content (AvgIpc) is 3.25. The quantitative estimate of drug-likeness (QED) is 0.432.